The monoisotopic (exact) mass is 746 g/mol. The van der Waals surface area contributed by atoms with E-state index in [0.717, 1.165) is 59.5 Å². The number of ether oxygens (including phenoxy) is 1. The smallest absolute Gasteiger partial charge is 0.416 e. The van der Waals surface area contributed by atoms with E-state index >= 15 is 0 Å². The lowest BCUT2D eigenvalue weighted by Crippen LogP contribution is -2.32. The Labute approximate surface area is 283 Å². The van der Waals surface area contributed by atoms with Crippen LogP contribution >= 0.6 is 26.4 Å². The van der Waals surface area contributed by atoms with Gasteiger partial charge in [-0.15, -0.1) is 0 Å². The van der Waals surface area contributed by atoms with Crippen LogP contribution in [0, 0.1) is 5.92 Å². The molecule has 0 aliphatic heterocycles. The first-order chi connectivity index (χ1) is 22.2. The van der Waals surface area contributed by atoms with E-state index in [0.29, 0.717) is 18.3 Å². The van der Waals surface area contributed by atoms with Crippen LogP contribution in [0.2, 0.25) is 0 Å². The topological polar surface area (TPSA) is 41.5 Å². The Kier molecular flexibility index (Phi) is 12.7. The van der Waals surface area contributed by atoms with Crippen molar-refractivity contribution < 1.29 is 31.1 Å². The minimum absolute atomic E-state index is 0.0925. The molecular weight excluding hydrogens is 706 g/mol. The van der Waals surface area contributed by atoms with Gasteiger partial charge in [0.05, 0.1) is 36.2 Å². The Hall–Kier alpha value is -2.80. The Morgan fingerprint density at radius 2 is 1.62 bits per heavy atom. The lowest BCUT2D eigenvalue weighted by molar-refractivity contribution is -0.143. The second kappa shape index (κ2) is 16.1. The molecule has 1 fully saturated rings. The summed E-state index contributed by atoms with van der Waals surface area (Å²) in [6.07, 6.45) is -0.161. The molecule has 1 heterocycles. The molecule has 258 valence electrons. The van der Waals surface area contributed by atoms with Gasteiger partial charge in [-0.05, 0) is 93.3 Å². The summed E-state index contributed by atoms with van der Waals surface area (Å²) in [7, 11) is 0.0925. The Bertz CT molecular complexity index is 1480. The van der Waals surface area contributed by atoms with Gasteiger partial charge in [0, 0.05) is 35.5 Å². The fourth-order valence-electron chi connectivity index (χ4n) is 5.80. The molecule has 13 heteroatoms. The molecule has 3 aromatic rings. The number of rotatable bonds is 13. The molecule has 0 N–H and O–H groups in total. The lowest BCUT2D eigenvalue weighted by atomic mass is 9.98. The molecule has 0 saturated heterocycles. The van der Waals surface area contributed by atoms with Crippen molar-refractivity contribution in [3.63, 3.8) is 0 Å². The second-order valence-corrected chi connectivity index (χ2v) is 15.0. The number of benzene rings is 2. The Morgan fingerprint density at radius 1 is 1.00 bits per heavy atom. The molecule has 0 amide bonds. The van der Waals surface area contributed by atoms with Gasteiger partial charge in [-0.1, -0.05) is 34.1 Å². The summed E-state index contributed by atoms with van der Waals surface area (Å²) in [5.41, 5.74) is -1.10. The van der Waals surface area contributed by atoms with Crippen molar-refractivity contribution in [2.45, 2.75) is 71.4 Å². The highest BCUT2D eigenvalue weighted by Crippen LogP contribution is 2.40. The van der Waals surface area contributed by atoms with Gasteiger partial charge in [0.1, 0.15) is 0 Å². The number of halogens is 7. The van der Waals surface area contributed by atoms with Crippen LogP contribution in [0.25, 0.3) is 0 Å². The molecule has 1 aromatic heterocycles. The van der Waals surface area contributed by atoms with Gasteiger partial charge in [-0.25, -0.2) is 9.97 Å². The SMILES string of the molecule is C/C=S(\C)CCOc1cnc(N(Cc2cc(Br)ccc2N(CC)CC2CCCC2)C(C)c2cc(C(F)(F)F)cc(C(F)(F)F)c2)nc1. The first-order valence-electron chi connectivity index (χ1n) is 15.6. The van der Waals surface area contributed by atoms with Gasteiger partial charge >= 0.3 is 12.4 Å². The van der Waals surface area contributed by atoms with Crippen LogP contribution in [-0.4, -0.2) is 47.0 Å². The number of anilines is 2. The Morgan fingerprint density at radius 3 is 2.17 bits per heavy atom. The fourth-order valence-corrected chi connectivity index (χ4v) is 6.79. The van der Waals surface area contributed by atoms with Crippen LogP contribution in [0.15, 0.2) is 53.3 Å². The molecule has 2 aromatic carbocycles. The predicted octanol–water partition coefficient (Wildman–Crippen LogP) is 10.2. The summed E-state index contributed by atoms with van der Waals surface area (Å²) in [5, 5.41) is 2.10. The fraction of sp³-hybridized carbons (Fsp3) is 0.500. The molecule has 1 aliphatic carbocycles. The van der Waals surface area contributed by atoms with Crippen molar-refractivity contribution in [3.05, 3.63) is 75.5 Å². The molecule has 0 spiro atoms. The third-order valence-electron chi connectivity index (χ3n) is 8.57. The van der Waals surface area contributed by atoms with Gasteiger partial charge in [0.25, 0.3) is 0 Å². The van der Waals surface area contributed by atoms with E-state index < -0.39 is 29.5 Å². The van der Waals surface area contributed by atoms with Gasteiger partial charge in [0.2, 0.25) is 5.95 Å². The summed E-state index contributed by atoms with van der Waals surface area (Å²) in [6.45, 7) is 7.81. The summed E-state index contributed by atoms with van der Waals surface area (Å²) in [4.78, 5) is 12.9. The summed E-state index contributed by atoms with van der Waals surface area (Å²) < 4.78 is 89.7. The molecule has 1 saturated carbocycles. The number of aromatic nitrogens is 2. The van der Waals surface area contributed by atoms with E-state index in [9.17, 15) is 26.3 Å². The number of alkyl halides is 6. The van der Waals surface area contributed by atoms with Gasteiger partial charge in [-0.3, -0.25) is 0 Å². The molecule has 5 nitrogen and oxygen atoms in total. The van der Waals surface area contributed by atoms with Crippen molar-refractivity contribution in [1.82, 2.24) is 9.97 Å². The molecule has 2 atom stereocenters. The second-order valence-electron chi connectivity index (χ2n) is 11.8. The zero-order chi connectivity index (χ0) is 34.4. The minimum Gasteiger partial charge on any atom is -0.490 e. The Balaban J connectivity index is 1.77. The van der Waals surface area contributed by atoms with Gasteiger partial charge in [-0.2, -0.15) is 36.8 Å². The van der Waals surface area contributed by atoms with E-state index in [4.69, 9.17) is 4.74 Å². The van der Waals surface area contributed by atoms with Gasteiger partial charge in [0.15, 0.2) is 5.75 Å². The van der Waals surface area contributed by atoms with Crippen LogP contribution in [-0.2, 0) is 18.9 Å². The van der Waals surface area contributed by atoms with Crippen LogP contribution in [0.1, 0.15) is 74.8 Å². The predicted molar refractivity (Wildman–Crippen MR) is 183 cm³/mol. The lowest BCUT2D eigenvalue weighted by Gasteiger charge is -2.34. The third-order valence-corrected chi connectivity index (χ3v) is 10.7. The zero-order valence-corrected chi connectivity index (χ0v) is 29.4. The first-order valence-corrected chi connectivity index (χ1v) is 18.3. The molecule has 2 unspecified atom stereocenters. The standard InChI is InChI=1S/C34H41BrF6N4OS/c1-5-44(21-24-9-7-8-10-24)31-12-11-29(35)17-26(31)22-45(32-42-19-30(20-43-32)46-13-14-47(4)6-2)23(3)25-15-27(33(36,37)38)18-28(16-25)34(39,40)41/h6,11-12,15-20,23-24H,5,7-10,13-14,21-22H2,1-4H3. The van der Waals surface area contributed by atoms with E-state index in [1.165, 1.54) is 25.2 Å². The molecule has 1 aliphatic rings. The average molecular weight is 748 g/mol. The number of nitrogens with zero attached hydrogens (tertiary/aromatic N) is 4. The van der Waals surface area contributed by atoms with Crippen LogP contribution < -0.4 is 14.5 Å². The van der Waals surface area contributed by atoms with Crippen LogP contribution in [0.3, 0.4) is 0 Å². The van der Waals surface area contributed by atoms with Crippen molar-refractivity contribution in [2.75, 3.05) is 41.5 Å². The maximum atomic E-state index is 13.8. The highest BCUT2D eigenvalue weighted by atomic mass is 79.9. The normalized spacial score (nSPS) is 15.6. The van der Waals surface area contributed by atoms with E-state index in [-0.39, 0.29) is 34.6 Å². The largest absolute Gasteiger partial charge is 0.490 e. The van der Waals surface area contributed by atoms with Crippen molar-refractivity contribution in [2.24, 2.45) is 5.92 Å². The molecule has 47 heavy (non-hydrogen) atoms. The highest BCUT2D eigenvalue weighted by molar-refractivity contribution is 9.10. The summed E-state index contributed by atoms with van der Waals surface area (Å²) >= 11 is 3.56. The summed E-state index contributed by atoms with van der Waals surface area (Å²) in [6, 6.07) is 6.60. The average Bonchev–Trinajstić information content (AvgIpc) is 3.55. The van der Waals surface area contributed by atoms with E-state index in [1.54, 1.807) is 11.8 Å². The third kappa shape index (κ3) is 10.1. The molecule has 0 bridgehead atoms. The van der Waals surface area contributed by atoms with Crippen LogP contribution in [0.4, 0.5) is 38.0 Å². The van der Waals surface area contributed by atoms with Crippen molar-refractivity contribution in [1.29, 1.82) is 0 Å². The maximum absolute atomic E-state index is 13.8. The minimum atomic E-state index is -4.97. The number of hydrogen-bond acceptors (Lipinski definition) is 5. The number of hydrogen-bond donors (Lipinski definition) is 0. The first kappa shape index (κ1) is 37.0. The molecule has 4 rings (SSSR count). The molecular formula is C34H41BrF6N4OS. The highest BCUT2D eigenvalue weighted by Gasteiger charge is 2.38. The van der Waals surface area contributed by atoms with Gasteiger partial charge < -0.3 is 14.5 Å². The van der Waals surface area contributed by atoms with E-state index in [2.05, 4.69) is 49.3 Å². The van der Waals surface area contributed by atoms with Crippen LogP contribution in [0.5, 0.6) is 5.75 Å². The quantitative estimate of drug-likeness (QED) is 0.129. The summed E-state index contributed by atoms with van der Waals surface area (Å²) in [5.74, 6) is 1.95. The van der Waals surface area contributed by atoms with Crippen molar-refractivity contribution in [3.8, 4) is 5.75 Å². The molecule has 0 radical (unpaired) electrons. The van der Waals surface area contributed by atoms with Crippen molar-refractivity contribution >= 4 is 43.4 Å². The maximum Gasteiger partial charge on any atom is 0.416 e. The zero-order valence-electron chi connectivity index (χ0n) is 27.0. The van der Waals surface area contributed by atoms with E-state index in [1.807, 2.05) is 25.1 Å².